The van der Waals surface area contributed by atoms with Crippen LogP contribution in [0.5, 0.6) is 11.5 Å². The van der Waals surface area contributed by atoms with Crippen LogP contribution in [0.3, 0.4) is 0 Å². The molecule has 1 heterocycles. The second-order valence-corrected chi connectivity index (χ2v) is 5.30. The monoisotopic (exact) mass is 347 g/mol. The maximum absolute atomic E-state index is 8.85. The Labute approximate surface area is 151 Å². The third-order valence-electron chi connectivity index (χ3n) is 3.61. The van der Waals surface area contributed by atoms with E-state index in [-0.39, 0.29) is 0 Å². The fourth-order valence-corrected chi connectivity index (χ4v) is 2.33. The van der Waals surface area contributed by atoms with Gasteiger partial charge in [-0.05, 0) is 36.4 Å². The molecule has 0 unspecified atom stereocenters. The zero-order chi connectivity index (χ0) is 18.4. The topological polar surface area (TPSA) is 92.1 Å². The van der Waals surface area contributed by atoms with Crippen LogP contribution in [0.2, 0.25) is 0 Å². The number of nitriles is 1. The molecule has 7 heteroatoms. The van der Waals surface area contributed by atoms with Crippen molar-refractivity contribution in [2.75, 3.05) is 24.9 Å². The van der Waals surface area contributed by atoms with Gasteiger partial charge in [-0.15, -0.1) is 0 Å². The number of nitrogens with zero attached hydrogens (tertiary/aromatic N) is 3. The first kappa shape index (κ1) is 17.0. The van der Waals surface area contributed by atoms with Crippen LogP contribution in [0.15, 0.2) is 54.9 Å². The lowest BCUT2D eigenvalue weighted by Gasteiger charge is -2.11. The highest BCUT2D eigenvalue weighted by Gasteiger charge is 2.06. The zero-order valence-corrected chi connectivity index (χ0v) is 14.4. The first-order valence-corrected chi connectivity index (χ1v) is 7.80. The van der Waals surface area contributed by atoms with Crippen molar-refractivity contribution in [3.05, 3.63) is 60.4 Å². The van der Waals surface area contributed by atoms with Gasteiger partial charge in [-0.25, -0.2) is 9.97 Å². The number of methoxy groups -OCH3 is 2. The molecule has 2 N–H and O–H groups in total. The minimum absolute atomic E-state index is 0.606. The number of anilines is 4. The molecule has 0 fully saturated rings. The van der Waals surface area contributed by atoms with Gasteiger partial charge in [0.2, 0.25) is 0 Å². The van der Waals surface area contributed by atoms with Gasteiger partial charge in [0.05, 0.1) is 25.9 Å². The smallest absolute Gasteiger partial charge is 0.162 e. The average molecular weight is 347 g/mol. The van der Waals surface area contributed by atoms with Gasteiger partial charge in [-0.1, -0.05) is 0 Å². The lowest BCUT2D eigenvalue weighted by Crippen LogP contribution is -1.99. The molecule has 2 aromatic carbocycles. The molecule has 3 aromatic rings. The summed E-state index contributed by atoms with van der Waals surface area (Å²) < 4.78 is 10.5. The van der Waals surface area contributed by atoms with E-state index < -0.39 is 0 Å². The predicted molar refractivity (Wildman–Crippen MR) is 99.3 cm³/mol. The number of ether oxygens (including phenoxy) is 2. The Morgan fingerprint density at radius 3 is 2.04 bits per heavy atom. The minimum Gasteiger partial charge on any atom is -0.493 e. The molecule has 0 amide bonds. The van der Waals surface area contributed by atoms with E-state index in [2.05, 4.69) is 26.7 Å². The van der Waals surface area contributed by atoms with Crippen LogP contribution in [0.25, 0.3) is 0 Å². The molecule has 0 saturated heterocycles. The highest BCUT2D eigenvalue weighted by molar-refractivity contribution is 5.65. The first-order chi connectivity index (χ1) is 12.7. The van der Waals surface area contributed by atoms with Crippen LogP contribution >= 0.6 is 0 Å². The molecule has 0 aliphatic rings. The van der Waals surface area contributed by atoms with Gasteiger partial charge < -0.3 is 20.1 Å². The number of aromatic nitrogens is 2. The molecule has 0 aliphatic heterocycles. The second kappa shape index (κ2) is 7.85. The molecule has 0 aliphatic carbocycles. The van der Waals surface area contributed by atoms with Crippen molar-refractivity contribution in [2.24, 2.45) is 0 Å². The van der Waals surface area contributed by atoms with E-state index in [1.807, 2.05) is 30.3 Å². The Bertz CT molecular complexity index is 935. The van der Waals surface area contributed by atoms with E-state index in [4.69, 9.17) is 14.7 Å². The van der Waals surface area contributed by atoms with Crippen LogP contribution in [0.1, 0.15) is 5.56 Å². The molecule has 0 bridgehead atoms. The molecule has 0 saturated carbocycles. The summed E-state index contributed by atoms with van der Waals surface area (Å²) in [5, 5.41) is 15.2. The summed E-state index contributed by atoms with van der Waals surface area (Å²) in [7, 11) is 3.18. The third kappa shape index (κ3) is 3.99. The van der Waals surface area contributed by atoms with Gasteiger partial charge in [0.25, 0.3) is 0 Å². The fourth-order valence-electron chi connectivity index (χ4n) is 2.33. The molecule has 3 rings (SSSR count). The van der Waals surface area contributed by atoms with Gasteiger partial charge in [0, 0.05) is 23.5 Å². The van der Waals surface area contributed by atoms with Crippen molar-refractivity contribution in [1.82, 2.24) is 9.97 Å². The Hall–Kier alpha value is -3.79. The summed E-state index contributed by atoms with van der Waals surface area (Å²) in [6.45, 7) is 0. The van der Waals surface area contributed by atoms with Crippen LogP contribution in [-0.4, -0.2) is 24.2 Å². The van der Waals surface area contributed by atoms with Crippen molar-refractivity contribution >= 4 is 23.0 Å². The molecular weight excluding hydrogens is 330 g/mol. The molecule has 7 nitrogen and oxygen atoms in total. The molecule has 0 spiro atoms. The summed E-state index contributed by atoms with van der Waals surface area (Å²) in [6, 6.07) is 16.5. The van der Waals surface area contributed by atoms with E-state index in [0.29, 0.717) is 28.7 Å². The van der Waals surface area contributed by atoms with Gasteiger partial charge in [-0.2, -0.15) is 5.26 Å². The van der Waals surface area contributed by atoms with Crippen molar-refractivity contribution in [3.8, 4) is 17.6 Å². The van der Waals surface area contributed by atoms with E-state index >= 15 is 0 Å². The average Bonchev–Trinajstić information content (AvgIpc) is 2.69. The number of rotatable bonds is 6. The van der Waals surface area contributed by atoms with E-state index in [1.54, 1.807) is 32.4 Å². The minimum atomic E-state index is 0.606. The highest BCUT2D eigenvalue weighted by atomic mass is 16.5. The molecule has 26 heavy (non-hydrogen) atoms. The number of benzene rings is 2. The standard InChI is InChI=1S/C19H17N5O2/c1-25-16-8-7-15(9-17(16)26-2)24-19-10-18(21-12-22-19)23-14-5-3-13(11-20)4-6-14/h3-10,12H,1-2H3,(H2,21,22,23,24). The maximum Gasteiger partial charge on any atom is 0.162 e. The Balaban J connectivity index is 1.75. The van der Waals surface area contributed by atoms with Crippen LogP contribution < -0.4 is 20.1 Å². The normalized spacial score (nSPS) is 9.88. The van der Waals surface area contributed by atoms with Crippen LogP contribution in [-0.2, 0) is 0 Å². The summed E-state index contributed by atoms with van der Waals surface area (Å²) >= 11 is 0. The number of hydrogen-bond acceptors (Lipinski definition) is 7. The van der Waals surface area contributed by atoms with Gasteiger partial charge in [0.1, 0.15) is 18.0 Å². The zero-order valence-electron chi connectivity index (χ0n) is 14.4. The Kier molecular flexibility index (Phi) is 5.15. The molecular formula is C19H17N5O2. The summed E-state index contributed by atoms with van der Waals surface area (Å²) in [5.74, 6) is 2.54. The largest absolute Gasteiger partial charge is 0.493 e. The summed E-state index contributed by atoms with van der Waals surface area (Å²) in [4.78, 5) is 8.43. The lowest BCUT2D eigenvalue weighted by atomic mass is 10.2. The third-order valence-corrected chi connectivity index (χ3v) is 3.61. The Morgan fingerprint density at radius 2 is 1.42 bits per heavy atom. The number of hydrogen-bond donors (Lipinski definition) is 2. The molecule has 0 radical (unpaired) electrons. The van der Waals surface area contributed by atoms with Crippen molar-refractivity contribution in [3.63, 3.8) is 0 Å². The fraction of sp³-hybridized carbons (Fsp3) is 0.105. The van der Waals surface area contributed by atoms with Crippen LogP contribution in [0, 0.1) is 11.3 Å². The Morgan fingerprint density at radius 1 is 0.808 bits per heavy atom. The van der Waals surface area contributed by atoms with Gasteiger partial charge >= 0.3 is 0 Å². The van der Waals surface area contributed by atoms with E-state index in [9.17, 15) is 0 Å². The van der Waals surface area contributed by atoms with E-state index in [0.717, 1.165) is 11.4 Å². The molecule has 1 aromatic heterocycles. The number of nitrogens with one attached hydrogen (secondary N) is 2. The van der Waals surface area contributed by atoms with Crippen molar-refractivity contribution in [2.45, 2.75) is 0 Å². The van der Waals surface area contributed by atoms with Crippen molar-refractivity contribution in [1.29, 1.82) is 5.26 Å². The molecule has 0 atom stereocenters. The highest BCUT2D eigenvalue weighted by Crippen LogP contribution is 2.31. The van der Waals surface area contributed by atoms with Crippen LogP contribution in [0.4, 0.5) is 23.0 Å². The molecule has 130 valence electrons. The lowest BCUT2D eigenvalue weighted by molar-refractivity contribution is 0.355. The van der Waals surface area contributed by atoms with Gasteiger partial charge in [-0.3, -0.25) is 0 Å². The second-order valence-electron chi connectivity index (χ2n) is 5.30. The van der Waals surface area contributed by atoms with Gasteiger partial charge in [0.15, 0.2) is 11.5 Å². The SMILES string of the molecule is COc1ccc(Nc2cc(Nc3ccc(C#N)cc3)ncn2)cc1OC. The van der Waals surface area contributed by atoms with Crippen molar-refractivity contribution < 1.29 is 9.47 Å². The summed E-state index contributed by atoms with van der Waals surface area (Å²) in [6.07, 6.45) is 1.47. The summed E-state index contributed by atoms with van der Waals surface area (Å²) in [5.41, 5.74) is 2.25. The predicted octanol–water partition coefficient (Wildman–Crippen LogP) is 3.85. The quantitative estimate of drug-likeness (QED) is 0.699. The maximum atomic E-state index is 8.85. The van der Waals surface area contributed by atoms with E-state index in [1.165, 1.54) is 6.33 Å². The first-order valence-electron chi connectivity index (χ1n) is 7.80.